The molecule has 0 radical (unpaired) electrons. The van der Waals surface area contributed by atoms with Gasteiger partial charge in [0, 0.05) is 11.9 Å². The van der Waals surface area contributed by atoms with E-state index >= 15 is 0 Å². The van der Waals surface area contributed by atoms with Gasteiger partial charge in [-0.1, -0.05) is 39.0 Å². The van der Waals surface area contributed by atoms with Crippen LogP contribution in [0.25, 0.3) is 0 Å². The van der Waals surface area contributed by atoms with Crippen LogP contribution in [0.4, 0.5) is 0 Å². The maximum absolute atomic E-state index is 12.2. The van der Waals surface area contributed by atoms with E-state index in [9.17, 15) is 4.79 Å². The minimum atomic E-state index is 0.0216. The Morgan fingerprint density at radius 1 is 1.25 bits per heavy atom. The highest BCUT2D eigenvalue weighted by molar-refractivity contribution is 6.17. The Morgan fingerprint density at radius 2 is 1.90 bits per heavy atom. The van der Waals surface area contributed by atoms with Gasteiger partial charge >= 0.3 is 0 Å². The van der Waals surface area contributed by atoms with Gasteiger partial charge in [-0.3, -0.25) is 4.79 Å². The van der Waals surface area contributed by atoms with Gasteiger partial charge in [0.25, 0.3) is 0 Å². The van der Waals surface area contributed by atoms with Gasteiger partial charge < -0.3 is 5.32 Å². The number of nitrogens with one attached hydrogen (secondary N) is 1. The summed E-state index contributed by atoms with van der Waals surface area (Å²) in [5.41, 5.74) is 3.56. The first kappa shape index (κ1) is 17.0. The van der Waals surface area contributed by atoms with E-state index in [1.807, 2.05) is 6.07 Å². The second-order valence-electron chi connectivity index (χ2n) is 6.56. The Bertz CT molecular complexity index is 463. The third-order valence-electron chi connectivity index (χ3n) is 3.71. The van der Waals surface area contributed by atoms with Crippen molar-refractivity contribution in [3.8, 4) is 0 Å². The van der Waals surface area contributed by atoms with Crippen molar-refractivity contribution in [2.75, 3.05) is 5.88 Å². The monoisotopic (exact) mass is 295 g/mol. The standard InChI is InChI=1S/C17H26ClNO/c1-12-6-7-14(10-13(12)2)11-16(20)19-15(8-9-18)17(3,4)5/h6-7,10,15H,8-9,11H2,1-5H3,(H,19,20). The molecule has 3 heteroatoms. The molecule has 0 aliphatic carbocycles. The molecule has 1 unspecified atom stereocenters. The fraction of sp³-hybridized carbons (Fsp3) is 0.588. The average molecular weight is 296 g/mol. The van der Waals surface area contributed by atoms with Crippen molar-refractivity contribution in [3.05, 3.63) is 34.9 Å². The van der Waals surface area contributed by atoms with Crippen molar-refractivity contribution in [1.82, 2.24) is 5.32 Å². The lowest BCUT2D eigenvalue weighted by Gasteiger charge is -2.31. The van der Waals surface area contributed by atoms with E-state index in [0.29, 0.717) is 12.3 Å². The molecule has 1 rings (SSSR count). The number of hydrogen-bond acceptors (Lipinski definition) is 1. The zero-order chi connectivity index (χ0) is 15.3. The van der Waals surface area contributed by atoms with Gasteiger partial charge in [-0.2, -0.15) is 0 Å². The highest BCUT2D eigenvalue weighted by atomic mass is 35.5. The third kappa shape index (κ3) is 5.16. The fourth-order valence-electron chi connectivity index (χ4n) is 2.18. The molecule has 1 amide bonds. The summed E-state index contributed by atoms with van der Waals surface area (Å²) in [5, 5.41) is 3.12. The predicted molar refractivity (Wildman–Crippen MR) is 86.3 cm³/mol. The van der Waals surface area contributed by atoms with E-state index in [0.717, 1.165) is 12.0 Å². The molecular weight excluding hydrogens is 270 g/mol. The molecule has 1 atom stereocenters. The molecule has 0 aliphatic rings. The van der Waals surface area contributed by atoms with E-state index in [2.05, 4.69) is 52.1 Å². The Labute approximate surface area is 127 Å². The summed E-state index contributed by atoms with van der Waals surface area (Å²) in [4.78, 5) is 12.2. The number of carbonyl (C=O) groups is 1. The lowest BCUT2D eigenvalue weighted by Crippen LogP contribution is -2.44. The number of halogens is 1. The Kier molecular flexibility index (Phi) is 6.07. The molecule has 2 nitrogen and oxygen atoms in total. The number of amides is 1. The molecule has 1 N–H and O–H groups in total. The summed E-state index contributed by atoms with van der Waals surface area (Å²) in [5.74, 6) is 0.629. The average Bonchev–Trinajstić information content (AvgIpc) is 2.32. The third-order valence-corrected chi connectivity index (χ3v) is 3.93. The summed E-state index contributed by atoms with van der Waals surface area (Å²) in [6, 6.07) is 6.29. The minimum Gasteiger partial charge on any atom is -0.353 e. The summed E-state index contributed by atoms with van der Waals surface area (Å²) < 4.78 is 0. The Morgan fingerprint density at radius 3 is 2.40 bits per heavy atom. The van der Waals surface area contributed by atoms with Crippen LogP contribution in [0.5, 0.6) is 0 Å². The highest BCUT2D eigenvalue weighted by Crippen LogP contribution is 2.22. The fourth-order valence-corrected chi connectivity index (χ4v) is 2.39. The van der Waals surface area contributed by atoms with Gasteiger partial charge in [-0.15, -0.1) is 11.6 Å². The van der Waals surface area contributed by atoms with Crippen LogP contribution in [0, 0.1) is 19.3 Å². The zero-order valence-corrected chi connectivity index (χ0v) is 14.0. The summed E-state index contributed by atoms with van der Waals surface area (Å²) in [6.45, 7) is 10.5. The van der Waals surface area contributed by atoms with Crippen molar-refractivity contribution in [3.63, 3.8) is 0 Å². The van der Waals surface area contributed by atoms with Crippen LogP contribution < -0.4 is 5.32 Å². The van der Waals surface area contributed by atoms with Gasteiger partial charge in [-0.25, -0.2) is 0 Å². The van der Waals surface area contributed by atoms with Crippen molar-refractivity contribution in [2.24, 2.45) is 5.41 Å². The Hall–Kier alpha value is -1.02. The number of alkyl halides is 1. The van der Waals surface area contributed by atoms with Crippen LogP contribution in [-0.4, -0.2) is 17.8 Å². The van der Waals surface area contributed by atoms with Gasteiger partial charge in [0.2, 0.25) is 5.91 Å². The van der Waals surface area contributed by atoms with E-state index < -0.39 is 0 Å². The van der Waals surface area contributed by atoms with Gasteiger partial charge in [-0.05, 0) is 42.4 Å². The second kappa shape index (κ2) is 7.12. The largest absolute Gasteiger partial charge is 0.353 e. The first-order valence-electron chi connectivity index (χ1n) is 7.15. The van der Waals surface area contributed by atoms with Gasteiger partial charge in [0.15, 0.2) is 0 Å². The normalized spacial score (nSPS) is 13.1. The molecular formula is C17H26ClNO. The van der Waals surface area contributed by atoms with Crippen LogP contribution in [0.15, 0.2) is 18.2 Å². The SMILES string of the molecule is Cc1ccc(CC(=O)NC(CCCl)C(C)(C)C)cc1C. The molecule has 0 saturated heterocycles. The molecule has 0 saturated carbocycles. The molecule has 0 bridgehead atoms. The molecule has 1 aromatic carbocycles. The van der Waals surface area contributed by atoms with Gasteiger partial charge in [0.1, 0.15) is 0 Å². The lowest BCUT2D eigenvalue weighted by atomic mass is 9.85. The van der Waals surface area contributed by atoms with E-state index in [-0.39, 0.29) is 17.4 Å². The summed E-state index contributed by atoms with van der Waals surface area (Å²) >= 11 is 5.83. The van der Waals surface area contributed by atoms with Crippen LogP contribution in [0.1, 0.15) is 43.9 Å². The van der Waals surface area contributed by atoms with Crippen molar-refractivity contribution in [1.29, 1.82) is 0 Å². The number of aryl methyl sites for hydroxylation is 2. The van der Waals surface area contributed by atoms with E-state index in [1.165, 1.54) is 11.1 Å². The van der Waals surface area contributed by atoms with Crippen molar-refractivity contribution >= 4 is 17.5 Å². The van der Waals surface area contributed by atoms with Crippen LogP contribution in [0.2, 0.25) is 0 Å². The second-order valence-corrected chi connectivity index (χ2v) is 6.94. The number of carbonyl (C=O) groups excluding carboxylic acids is 1. The van der Waals surface area contributed by atoms with Crippen LogP contribution in [0.3, 0.4) is 0 Å². The molecule has 0 aromatic heterocycles. The number of rotatable bonds is 5. The van der Waals surface area contributed by atoms with Crippen LogP contribution in [-0.2, 0) is 11.2 Å². The summed E-state index contributed by atoms with van der Waals surface area (Å²) in [6.07, 6.45) is 1.22. The van der Waals surface area contributed by atoms with E-state index in [1.54, 1.807) is 0 Å². The van der Waals surface area contributed by atoms with Crippen molar-refractivity contribution in [2.45, 2.75) is 53.5 Å². The van der Waals surface area contributed by atoms with Crippen molar-refractivity contribution < 1.29 is 4.79 Å². The topological polar surface area (TPSA) is 29.1 Å². The predicted octanol–water partition coefficient (Wildman–Crippen LogP) is 4.01. The Balaban J connectivity index is 2.68. The maximum atomic E-state index is 12.2. The quantitative estimate of drug-likeness (QED) is 0.817. The molecule has 112 valence electrons. The molecule has 0 aliphatic heterocycles. The first-order chi connectivity index (χ1) is 9.24. The molecule has 20 heavy (non-hydrogen) atoms. The minimum absolute atomic E-state index is 0.0216. The molecule has 0 fully saturated rings. The summed E-state index contributed by atoms with van der Waals surface area (Å²) in [7, 11) is 0. The highest BCUT2D eigenvalue weighted by Gasteiger charge is 2.25. The molecule has 0 spiro atoms. The first-order valence-corrected chi connectivity index (χ1v) is 7.69. The maximum Gasteiger partial charge on any atom is 0.224 e. The van der Waals surface area contributed by atoms with Crippen LogP contribution >= 0.6 is 11.6 Å². The number of hydrogen-bond donors (Lipinski definition) is 1. The number of benzene rings is 1. The molecule has 1 aromatic rings. The molecule has 0 heterocycles. The smallest absolute Gasteiger partial charge is 0.224 e. The zero-order valence-electron chi connectivity index (χ0n) is 13.2. The van der Waals surface area contributed by atoms with E-state index in [4.69, 9.17) is 11.6 Å². The van der Waals surface area contributed by atoms with Gasteiger partial charge in [0.05, 0.1) is 6.42 Å². The lowest BCUT2D eigenvalue weighted by molar-refractivity contribution is -0.121.